The lowest BCUT2D eigenvalue weighted by atomic mass is 10.1. The first kappa shape index (κ1) is 19.5. The number of hydrogen-bond donors (Lipinski definition) is 1. The highest BCUT2D eigenvalue weighted by Crippen LogP contribution is 2.14. The van der Waals surface area contributed by atoms with Crippen molar-refractivity contribution in [2.45, 2.75) is 64.4 Å². The summed E-state index contributed by atoms with van der Waals surface area (Å²) in [6.45, 7) is 0.820. The average molecular weight is 322 g/mol. The molecule has 0 unspecified atom stereocenters. The molecule has 0 saturated carbocycles. The first-order chi connectivity index (χ1) is 11.3. The molecule has 0 amide bonds. The maximum atomic E-state index is 10.9. The Bertz CT molecular complexity index is 414. The molecule has 1 aromatic carbocycles. The van der Waals surface area contributed by atoms with Crippen molar-refractivity contribution in [1.82, 2.24) is 0 Å². The summed E-state index contributed by atoms with van der Waals surface area (Å²) in [7, 11) is 1.44. The standard InChI is InChI=1S/C19H30O4/c1-22-19(21)10-8-6-4-2-3-5-7-9-15-23-18-13-11-17(16-20)12-14-18/h11-14,20H,2-10,15-16H2,1H3. The van der Waals surface area contributed by atoms with Gasteiger partial charge in [-0.15, -0.1) is 0 Å². The van der Waals surface area contributed by atoms with Gasteiger partial charge in [-0.1, -0.05) is 50.7 Å². The van der Waals surface area contributed by atoms with Crippen LogP contribution in [0.25, 0.3) is 0 Å². The third kappa shape index (κ3) is 9.95. The molecule has 0 atom stereocenters. The molecule has 130 valence electrons. The molecule has 1 aromatic rings. The minimum Gasteiger partial charge on any atom is -0.494 e. The van der Waals surface area contributed by atoms with Crippen LogP contribution in [0, 0.1) is 0 Å². The van der Waals surface area contributed by atoms with Gasteiger partial charge in [-0.2, -0.15) is 0 Å². The fourth-order valence-corrected chi connectivity index (χ4v) is 2.42. The fourth-order valence-electron chi connectivity index (χ4n) is 2.42. The maximum absolute atomic E-state index is 10.9. The molecule has 0 aliphatic rings. The molecular weight excluding hydrogens is 292 g/mol. The van der Waals surface area contributed by atoms with E-state index in [1.807, 2.05) is 24.3 Å². The molecule has 0 saturated heterocycles. The molecule has 0 aliphatic heterocycles. The van der Waals surface area contributed by atoms with Gasteiger partial charge in [0.25, 0.3) is 0 Å². The Labute approximate surface area is 139 Å². The van der Waals surface area contributed by atoms with E-state index >= 15 is 0 Å². The number of methoxy groups -OCH3 is 1. The summed E-state index contributed by atoms with van der Waals surface area (Å²) in [5.41, 5.74) is 0.906. The van der Waals surface area contributed by atoms with Gasteiger partial charge in [0, 0.05) is 6.42 Å². The molecule has 0 fully saturated rings. The van der Waals surface area contributed by atoms with E-state index in [4.69, 9.17) is 9.84 Å². The van der Waals surface area contributed by atoms with Gasteiger partial charge >= 0.3 is 5.97 Å². The van der Waals surface area contributed by atoms with Crippen LogP contribution in [0.4, 0.5) is 0 Å². The van der Waals surface area contributed by atoms with Gasteiger partial charge < -0.3 is 14.6 Å². The molecule has 1 rings (SSSR count). The molecule has 0 spiro atoms. The number of ether oxygens (including phenoxy) is 2. The van der Waals surface area contributed by atoms with E-state index in [-0.39, 0.29) is 12.6 Å². The Morgan fingerprint density at radius 3 is 2.04 bits per heavy atom. The van der Waals surface area contributed by atoms with E-state index in [9.17, 15) is 4.79 Å². The summed E-state index contributed by atoms with van der Waals surface area (Å²) >= 11 is 0. The summed E-state index contributed by atoms with van der Waals surface area (Å²) < 4.78 is 10.3. The summed E-state index contributed by atoms with van der Waals surface area (Å²) in [4.78, 5) is 10.9. The Balaban J connectivity index is 1.87. The Morgan fingerprint density at radius 1 is 0.913 bits per heavy atom. The van der Waals surface area contributed by atoms with Crippen molar-refractivity contribution < 1.29 is 19.4 Å². The van der Waals surface area contributed by atoms with Crippen LogP contribution in [0.1, 0.15) is 63.4 Å². The Hall–Kier alpha value is -1.55. The van der Waals surface area contributed by atoms with Crippen molar-refractivity contribution in [3.05, 3.63) is 29.8 Å². The van der Waals surface area contributed by atoms with E-state index in [1.54, 1.807) is 0 Å². The smallest absolute Gasteiger partial charge is 0.305 e. The number of esters is 1. The van der Waals surface area contributed by atoms with Gasteiger partial charge in [-0.3, -0.25) is 4.79 Å². The normalized spacial score (nSPS) is 10.5. The van der Waals surface area contributed by atoms with E-state index in [2.05, 4.69) is 4.74 Å². The number of carbonyl (C=O) groups is 1. The lowest BCUT2D eigenvalue weighted by Crippen LogP contribution is -1.99. The lowest BCUT2D eigenvalue weighted by Gasteiger charge is -2.06. The van der Waals surface area contributed by atoms with Gasteiger partial charge in [-0.25, -0.2) is 0 Å². The van der Waals surface area contributed by atoms with Crippen LogP contribution in [-0.2, 0) is 16.1 Å². The molecule has 0 radical (unpaired) electrons. The molecule has 4 nitrogen and oxygen atoms in total. The molecular formula is C19H30O4. The third-order valence-electron chi connectivity index (χ3n) is 3.88. The van der Waals surface area contributed by atoms with Crippen LogP contribution in [0.5, 0.6) is 5.75 Å². The van der Waals surface area contributed by atoms with Crippen molar-refractivity contribution in [2.75, 3.05) is 13.7 Å². The maximum Gasteiger partial charge on any atom is 0.305 e. The van der Waals surface area contributed by atoms with Crippen molar-refractivity contribution in [1.29, 1.82) is 0 Å². The number of aliphatic hydroxyl groups excluding tert-OH is 1. The van der Waals surface area contributed by atoms with E-state index in [0.29, 0.717) is 6.42 Å². The van der Waals surface area contributed by atoms with Crippen LogP contribution in [0.3, 0.4) is 0 Å². The molecule has 23 heavy (non-hydrogen) atoms. The molecule has 4 heteroatoms. The Kier molecular flexibility index (Phi) is 11.0. The van der Waals surface area contributed by atoms with Gasteiger partial charge in [0.1, 0.15) is 5.75 Å². The summed E-state index contributed by atoms with van der Waals surface area (Å²) in [5.74, 6) is 0.767. The number of benzene rings is 1. The van der Waals surface area contributed by atoms with Crippen molar-refractivity contribution in [3.8, 4) is 5.75 Å². The fraction of sp³-hybridized carbons (Fsp3) is 0.632. The van der Waals surface area contributed by atoms with E-state index in [1.165, 1.54) is 39.2 Å². The number of aliphatic hydroxyl groups is 1. The van der Waals surface area contributed by atoms with E-state index < -0.39 is 0 Å². The van der Waals surface area contributed by atoms with Crippen molar-refractivity contribution >= 4 is 5.97 Å². The number of hydrogen-bond acceptors (Lipinski definition) is 4. The highest BCUT2D eigenvalue weighted by molar-refractivity contribution is 5.68. The third-order valence-corrected chi connectivity index (χ3v) is 3.88. The zero-order valence-corrected chi connectivity index (χ0v) is 14.3. The van der Waals surface area contributed by atoms with E-state index in [0.717, 1.165) is 37.2 Å². The van der Waals surface area contributed by atoms with Gasteiger partial charge in [0.05, 0.1) is 20.3 Å². The summed E-state index contributed by atoms with van der Waals surface area (Å²) in [5, 5.41) is 8.97. The number of unbranched alkanes of at least 4 members (excludes halogenated alkanes) is 7. The predicted molar refractivity (Wildman–Crippen MR) is 91.4 cm³/mol. The first-order valence-corrected chi connectivity index (χ1v) is 8.65. The van der Waals surface area contributed by atoms with Gasteiger partial charge in [0.15, 0.2) is 0 Å². The monoisotopic (exact) mass is 322 g/mol. The van der Waals surface area contributed by atoms with Crippen LogP contribution >= 0.6 is 0 Å². The molecule has 0 bridgehead atoms. The SMILES string of the molecule is COC(=O)CCCCCCCCCCOc1ccc(CO)cc1. The quantitative estimate of drug-likeness (QED) is 0.436. The Morgan fingerprint density at radius 2 is 1.48 bits per heavy atom. The number of carbonyl (C=O) groups excluding carboxylic acids is 1. The van der Waals surface area contributed by atoms with Crippen LogP contribution < -0.4 is 4.74 Å². The largest absolute Gasteiger partial charge is 0.494 e. The summed E-state index contributed by atoms with van der Waals surface area (Å²) in [6.07, 6.45) is 9.80. The van der Waals surface area contributed by atoms with Crippen LogP contribution in [-0.4, -0.2) is 24.8 Å². The zero-order valence-electron chi connectivity index (χ0n) is 14.3. The second-order valence-corrected chi connectivity index (χ2v) is 5.81. The van der Waals surface area contributed by atoms with Crippen molar-refractivity contribution in [2.24, 2.45) is 0 Å². The highest BCUT2D eigenvalue weighted by atomic mass is 16.5. The van der Waals surface area contributed by atoms with Gasteiger partial charge in [-0.05, 0) is 30.5 Å². The minimum absolute atomic E-state index is 0.0724. The minimum atomic E-state index is -0.101. The zero-order chi connectivity index (χ0) is 16.8. The van der Waals surface area contributed by atoms with Crippen molar-refractivity contribution in [3.63, 3.8) is 0 Å². The van der Waals surface area contributed by atoms with Crippen LogP contribution in [0.2, 0.25) is 0 Å². The second kappa shape index (κ2) is 12.9. The topological polar surface area (TPSA) is 55.8 Å². The lowest BCUT2D eigenvalue weighted by molar-refractivity contribution is -0.140. The predicted octanol–water partition coefficient (Wildman–Crippen LogP) is 4.24. The van der Waals surface area contributed by atoms with Crippen LogP contribution in [0.15, 0.2) is 24.3 Å². The second-order valence-electron chi connectivity index (χ2n) is 5.81. The molecule has 0 aliphatic carbocycles. The molecule has 1 N–H and O–H groups in total. The molecule has 0 heterocycles. The summed E-state index contributed by atoms with van der Waals surface area (Å²) in [6, 6.07) is 7.57. The highest BCUT2D eigenvalue weighted by Gasteiger charge is 1.99. The van der Waals surface area contributed by atoms with Gasteiger partial charge in [0.2, 0.25) is 0 Å². The molecule has 0 aromatic heterocycles. The first-order valence-electron chi connectivity index (χ1n) is 8.65. The average Bonchev–Trinajstić information content (AvgIpc) is 2.59. The number of rotatable bonds is 13.